The molecule has 1 atom stereocenters. The second kappa shape index (κ2) is 10.6. The number of phenols is 1. The Morgan fingerprint density at radius 1 is 1.04 bits per heavy atom. The van der Waals surface area contributed by atoms with Crippen molar-refractivity contribution in [3.8, 4) is 17.2 Å². The van der Waals surface area contributed by atoms with Gasteiger partial charge in [-0.2, -0.15) is 0 Å². The van der Waals surface area contributed by atoms with Gasteiger partial charge in [-0.3, -0.25) is 4.79 Å². The van der Waals surface area contributed by atoms with Gasteiger partial charge in [-0.25, -0.2) is 0 Å². The number of carbonyl (C=O) groups is 1. The van der Waals surface area contributed by atoms with E-state index in [2.05, 4.69) is 95.7 Å². The van der Waals surface area contributed by atoms with Crippen LogP contribution in [0.25, 0.3) is 0 Å². The Morgan fingerprint density at radius 2 is 1.57 bits per heavy atom. The lowest BCUT2D eigenvalue weighted by Gasteiger charge is -2.29. The van der Waals surface area contributed by atoms with Gasteiger partial charge < -0.3 is 20.3 Å². The van der Waals surface area contributed by atoms with Gasteiger partial charge >= 0.3 is 5.97 Å². The lowest BCUT2D eigenvalue weighted by Crippen LogP contribution is -2.53. The molecule has 0 bridgehead atoms. The zero-order valence-corrected chi connectivity index (χ0v) is 23.8. The SMILES string of the molecule is CCNC(CC)(Cc1cc(I)c(Oc2cc(I)c(O)c(I)c2)c(I)c1)C(=O)O. The molecule has 0 aliphatic rings. The van der Waals surface area contributed by atoms with Crippen LogP contribution in [0.4, 0.5) is 0 Å². The Morgan fingerprint density at radius 3 is 2.00 bits per heavy atom. The van der Waals surface area contributed by atoms with Crippen molar-refractivity contribution in [2.75, 3.05) is 6.54 Å². The fourth-order valence-corrected chi connectivity index (χ4v) is 6.66. The molecule has 2 aromatic carbocycles. The van der Waals surface area contributed by atoms with Gasteiger partial charge in [0.15, 0.2) is 5.75 Å². The zero-order chi connectivity index (χ0) is 21.1. The van der Waals surface area contributed by atoms with Crippen molar-refractivity contribution >= 4 is 96.3 Å². The Labute approximate surface area is 219 Å². The summed E-state index contributed by atoms with van der Waals surface area (Å²) in [6.07, 6.45) is 0.889. The molecule has 0 radical (unpaired) electrons. The highest BCUT2D eigenvalue weighted by atomic mass is 127. The molecule has 0 aliphatic carbocycles. The number of aliphatic carboxylic acids is 1. The van der Waals surface area contributed by atoms with Crippen LogP contribution < -0.4 is 10.1 Å². The van der Waals surface area contributed by atoms with Crippen LogP contribution in [0.2, 0.25) is 0 Å². The summed E-state index contributed by atoms with van der Waals surface area (Å²) in [5.74, 6) is 0.788. The standard InChI is InChI=1S/C19H19I4NO4/c1-3-19(18(26)27,24-4-2)9-10-5-14(22)17(15(23)6-10)28-11-7-12(20)16(25)13(21)8-11/h5-8,24-25H,3-4,9H2,1-2H3,(H,26,27). The number of rotatable bonds is 8. The highest BCUT2D eigenvalue weighted by Crippen LogP contribution is 2.37. The van der Waals surface area contributed by atoms with E-state index in [0.717, 1.165) is 25.6 Å². The summed E-state index contributed by atoms with van der Waals surface area (Å²) in [4.78, 5) is 11.9. The summed E-state index contributed by atoms with van der Waals surface area (Å²) in [5, 5.41) is 22.8. The van der Waals surface area contributed by atoms with E-state index in [1.54, 1.807) is 12.1 Å². The van der Waals surface area contributed by atoms with Crippen LogP contribution in [0, 0.1) is 14.3 Å². The van der Waals surface area contributed by atoms with Gasteiger partial charge in [0.05, 0.1) is 14.3 Å². The number of likely N-dealkylation sites (N-methyl/N-ethyl adjacent to an activating group) is 1. The number of aromatic hydroxyl groups is 1. The van der Waals surface area contributed by atoms with E-state index >= 15 is 0 Å². The third kappa shape index (κ3) is 5.75. The molecule has 0 fully saturated rings. The molecule has 9 heteroatoms. The van der Waals surface area contributed by atoms with E-state index in [4.69, 9.17) is 4.74 Å². The van der Waals surface area contributed by atoms with Crippen molar-refractivity contribution < 1.29 is 19.7 Å². The number of nitrogens with one attached hydrogen (secondary N) is 1. The second-order valence-corrected chi connectivity index (χ2v) is 10.8. The smallest absolute Gasteiger partial charge is 0.324 e. The molecule has 0 saturated heterocycles. The maximum Gasteiger partial charge on any atom is 0.324 e. The number of hydrogen-bond acceptors (Lipinski definition) is 4. The molecule has 0 aromatic heterocycles. The lowest BCUT2D eigenvalue weighted by molar-refractivity contribution is -0.145. The molecule has 28 heavy (non-hydrogen) atoms. The number of carboxylic acids is 1. The van der Waals surface area contributed by atoms with Crippen molar-refractivity contribution in [2.24, 2.45) is 0 Å². The van der Waals surface area contributed by atoms with E-state index in [1.807, 2.05) is 26.0 Å². The maximum atomic E-state index is 11.9. The summed E-state index contributed by atoms with van der Waals surface area (Å²) in [6.45, 7) is 4.39. The number of benzene rings is 2. The first-order valence-electron chi connectivity index (χ1n) is 8.45. The molecule has 0 amide bonds. The van der Waals surface area contributed by atoms with Gasteiger partial charge in [0.25, 0.3) is 0 Å². The topological polar surface area (TPSA) is 78.8 Å². The van der Waals surface area contributed by atoms with E-state index in [1.165, 1.54) is 0 Å². The number of phenolic OH excluding ortho intramolecular Hbond substituents is 1. The lowest BCUT2D eigenvalue weighted by atomic mass is 9.88. The van der Waals surface area contributed by atoms with Gasteiger partial charge in [0.1, 0.15) is 17.0 Å². The number of ether oxygens (including phenoxy) is 1. The molecule has 3 N–H and O–H groups in total. The number of carboxylic acid groups (broad SMARTS) is 1. The van der Waals surface area contributed by atoms with Gasteiger partial charge in [0.2, 0.25) is 0 Å². The molecule has 152 valence electrons. The van der Waals surface area contributed by atoms with E-state index in [9.17, 15) is 15.0 Å². The molecule has 0 heterocycles. The van der Waals surface area contributed by atoms with Crippen LogP contribution in [-0.2, 0) is 11.2 Å². The summed E-state index contributed by atoms with van der Waals surface area (Å²) >= 11 is 8.57. The van der Waals surface area contributed by atoms with Gasteiger partial charge in [-0.15, -0.1) is 0 Å². The van der Waals surface area contributed by atoms with Gasteiger partial charge in [0, 0.05) is 6.42 Å². The van der Waals surface area contributed by atoms with Crippen molar-refractivity contribution in [3.63, 3.8) is 0 Å². The quantitative estimate of drug-likeness (QED) is 0.286. The normalized spacial score (nSPS) is 13.2. The molecule has 2 aromatic rings. The Hall–Kier alpha value is 0.390. The summed E-state index contributed by atoms with van der Waals surface area (Å²) in [7, 11) is 0. The first kappa shape index (κ1) is 24.7. The monoisotopic (exact) mass is 833 g/mol. The van der Waals surface area contributed by atoms with Crippen LogP contribution in [0.15, 0.2) is 24.3 Å². The van der Waals surface area contributed by atoms with Crippen molar-refractivity contribution in [1.82, 2.24) is 5.32 Å². The van der Waals surface area contributed by atoms with Crippen LogP contribution in [0.1, 0.15) is 25.8 Å². The Bertz CT molecular complexity index is 844. The number of halogens is 4. The van der Waals surface area contributed by atoms with Crippen LogP contribution in [0.5, 0.6) is 17.2 Å². The van der Waals surface area contributed by atoms with Crippen molar-refractivity contribution in [2.45, 2.75) is 32.2 Å². The van der Waals surface area contributed by atoms with Crippen LogP contribution >= 0.6 is 90.4 Å². The summed E-state index contributed by atoms with van der Waals surface area (Å²) in [5.41, 5.74) is -0.0341. The first-order chi connectivity index (χ1) is 13.1. The van der Waals surface area contributed by atoms with Crippen LogP contribution in [-0.4, -0.2) is 28.3 Å². The molecule has 0 spiro atoms. The average Bonchev–Trinajstić information content (AvgIpc) is 2.62. The summed E-state index contributed by atoms with van der Waals surface area (Å²) in [6, 6.07) is 7.52. The molecular weight excluding hydrogens is 814 g/mol. The minimum Gasteiger partial charge on any atom is -0.506 e. The molecule has 0 aliphatic heterocycles. The predicted molar refractivity (Wildman–Crippen MR) is 144 cm³/mol. The highest BCUT2D eigenvalue weighted by molar-refractivity contribution is 14.1. The average molecular weight is 833 g/mol. The van der Waals surface area contributed by atoms with E-state index < -0.39 is 11.5 Å². The molecule has 5 nitrogen and oxygen atoms in total. The maximum absolute atomic E-state index is 11.9. The predicted octanol–water partition coefficient (Wildman–Crippen LogP) is 5.99. The first-order valence-corrected chi connectivity index (χ1v) is 12.8. The Balaban J connectivity index is 2.36. The van der Waals surface area contributed by atoms with Gasteiger partial charge in [-0.05, 0) is 133 Å². The largest absolute Gasteiger partial charge is 0.506 e. The molecular formula is C19H19I4NO4. The Kier molecular flexibility index (Phi) is 9.35. The molecule has 0 saturated carbocycles. The fraction of sp³-hybridized carbons (Fsp3) is 0.316. The number of hydrogen-bond donors (Lipinski definition) is 3. The fourth-order valence-electron chi connectivity index (χ4n) is 2.83. The van der Waals surface area contributed by atoms with Crippen molar-refractivity contribution in [1.29, 1.82) is 0 Å². The van der Waals surface area contributed by atoms with Crippen molar-refractivity contribution in [3.05, 3.63) is 44.1 Å². The minimum atomic E-state index is -0.980. The van der Waals surface area contributed by atoms with E-state index in [-0.39, 0.29) is 5.75 Å². The molecule has 1 unspecified atom stereocenters. The zero-order valence-electron chi connectivity index (χ0n) is 15.2. The minimum absolute atomic E-state index is 0.251. The highest BCUT2D eigenvalue weighted by Gasteiger charge is 2.36. The third-order valence-electron chi connectivity index (χ3n) is 4.30. The third-order valence-corrected chi connectivity index (χ3v) is 7.55. The second-order valence-electron chi connectivity index (χ2n) is 6.17. The molecule has 2 rings (SSSR count). The summed E-state index contributed by atoms with van der Waals surface area (Å²) < 4.78 is 9.36. The van der Waals surface area contributed by atoms with Crippen LogP contribution in [0.3, 0.4) is 0 Å². The van der Waals surface area contributed by atoms with Gasteiger partial charge in [-0.1, -0.05) is 13.8 Å². The van der Waals surface area contributed by atoms with E-state index in [0.29, 0.717) is 25.1 Å².